The Morgan fingerprint density at radius 3 is 2.62 bits per heavy atom. The molecule has 0 spiro atoms. The van der Waals surface area contributed by atoms with Crippen molar-refractivity contribution in [3.8, 4) is 6.07 Å². The van der Waals surface area contributed by atoms with Gasteiger partial charge in [-0.1, -0.05) is 6.92 Å². The van der Waals surface area contributed by atoms with E-state index in [4.69, 9.17) is 5.26 Å². The van der Waals surface area contributed by atoms with Gasteiger partial charge >= 0.3 is 0 Å². The summed E-state index contributed by atoms with van der Waals surface area (Å²) in [5.74, 6) is -0.0450. The van der Waals surface area contributed by atoms with Crippen molar-refractivity contribution in [1.29, 1.82) is 5.26 Å². The predicted octanol–water partition coefficient (Wildman–Crippen LogP) is 0.403. The van der Waals surface area contributed by atoms with E-state index in [1.54, 1.807) is 14.0 Å². The molecule has 0 aliphatic rings. The van der Waals surface area contributed by atoms with Crippen LogP contribution in [0.2, 0.25) is 0 Å². The van der Waals surface area contributed by atoms with Crippen LogP contribution in [0.5, 0.6) is 0 Å². The Kier molecular flexibility index (Phi) is 5.90. The zero-order valence-corrected chi connectivity index (χ0v) is 8.42. The molecule has 0 radical (unpaired) electrons. The quantitative estimate of drug-likeness (QED) is 0.648. The van der Waals surface area contributed by atoms with E-state index in [-0.39, 0.29) is 18.0 Å². The highest BCUT2D eigenvalue weighted by atomic mass is 16.2. The lowest BCUT2D eigenvalue weighted by Crippen LogP contribution is -2.45. The molecule has 4 nitrogen and oxygen atoms in total. The van der Waals surface area contributed by atoms with Gasteiger partial charge < -0.3 is 10.6 Å². The molecule has 0 aromatic heterocycles. The molecule has 0 aliphatic carbocycles. The number of hydrogen-bond donors (Lipinski definition) is 2. The molecule has 0 aliphatic heterocycles. The molecule has 74 valence electrons. The highest BCUT2D eigenvalue weighted by Gasteiger charge is 2.14. The molecular formula is C9H17N3O. The summed E-state index contributed by atoms with van der Waals surface area (Å²) in [7, 11) is 1.60. The van der Waals surface area contributed by atoms with E-state index in [2.05, 4.69) is 16.7 Å². The summed E-state index contributed by atoms with van der Waals surface area (Å²) in [5.41, 5.74) is 0. The number of rotatable bonds is 5. The van der Waals surface area contributed by atoms with Gasteiger partial charge in [-0.15, -0.1) is 0 Å². The Labute approximate surface area is 79.3 Å². The summed E-state index contributed by atoms with van der Waals surface area (Å²) >= 11 is 0. The predicted molar refractivity (Wildman–Crippen MR) is 51.0 cm³/mol. The van der Waals surface area contributed by atoms with E-state index in [1.807, 2.05) is 6.92 Å². The molecule has 0 rings (SSSR count). The van der Waals surface area contributed by atoms with E-state index >= 15 is 0 Å². The second kappa shape index (κ2) is 6.44. The molecule has 2 atom stereocenters. The van der Waals surface area contributed by atoms with Gasteiger partial charge in [-0.2, -0.15) is 5.26 Å². The van der Waals surface area contributed by atoms with Crippen molar-refractivity contribution in [2.45, 2.75) is 38.8 Å². The van der Waals surface area contributed by atoms with E-state index < -0.39 is 0 Å². The van der Waals surface area contributed by atoms with Crippen molar-refractivity contribution in [2.75, 3.05) is 7.05 Å². The Morgan fingerprint density at radius 1 is 1.62 bits per heavy atom. The summed E-state index contributed by atoms with van der Waals surface area (Å²) in [6, 6.07) is 1.96. The largest absolute Gasteiger partial charge is 0.358 e. The van der Waals surface area contributed by atoms with Crippen LogP contribution >= 0.6 is 0 Å². The van der Waals surface area contributed by atoms with Crippen LogP contribution in [-0.2, 0) is 4.79 Å². The lowest BCUT2D eigenvalue weighted by atomic mass is 10.1. The topological polar surface area (TPSA) is 64.9 Å². The fourth-order valence-corrected chi connectivity index (χ4v) is 1.08. The van der Waals surface area contributed by atoms with Gasteiger partial charge in [0.1, 0.15) is 0 Å². The third-order valence-electron chi connectivity index (χ3n) is 1.96. The minimum atomic E-state index is -0.233. The molecular weight excluding hydrogens is 166 g/mol. The maximum atomic E-state index is 11.1. The van der Waals surface area contributed by atoms with Crippen molar-refractivity contribution in [2.24, 2.45) is 0 Å². The molecule has 0 aromatic carbocycles. The van der Waals surface area contributed by atoms with E-state index in [1.165, 1.54) is 0 Å². The Morgan fingerprint density at radius 2 is 2.23 bits per heavy atom. The van der Waals surface area contributed by atoms with Gasteiger partial charge in [-0.25, -0.2) is 0 Å². The fraction of sp³-hybridized carbons (Fsp3) is 0.778. The molecule has 0 bridgehead atoms. The minimum absolute atomic E-state index is 0.0450. The monoisotopic (exact) mass is 183 g/mol. The smallest absolute Gasteiger partial charge is 0.236 e. The average molecular weight is 183 g/mol. The summed E-state index contributed by atoms with van der Waals surface area (Å²) in [4.78, 5) is 11.1. The molecule has 13 heavy (non-hydrogen) atoms. The number of likely N-dealkylation sites (N-methyl/N-ethyl adjacent to an activating group) is 1. The number of carbonyl (C=O) groups excluding carboxylic acids is 1. The van der Waals surface area contributed by atoms with Crippen LogP contribution in [0.1, 0.15) is 26.7 Å². The van der Waals surface area contributed by atoms with Crippen molar-refractivity contribution < 1.29 is 4.79 Å². The van der Waals surface area contributed by atoms with Gasteiger partial charge in [-0.05, 0) is 13.3 Å². The first-order valence-electron chi connectivity index (χ1n) is 4.50. The summed E-state index contributed by atoms with van der Waals surface area (Å²) in [6.07, 6.45) is 1.30. The number of nitriles is 1. The molecule has 0 saturated carbocycles. The number of amides is 1. The van der Waals surface area contributed by atoms with Gasteiger partial charge in [0.2, 0.25) is 5.91 Å². The minimum Gasteiger partial charge on any atom is -0.358 e. The van der Waals surface area contributed by atoms with E-state index in [0.717, 1.165) is 6.42 Å². The number of nitrogens with zero attached hydrogens (tertiary/aromatic N) is 1. The molecule has 0 heterocycles. The SMILES string of the molecule is CCC(CC#N)NC(C)C(=O)NC. The first-order chi connectivity index (χ1) is 6.15. The standard InChI is InChI=1S/C9H17N3O/c1-4-8(5-6-10)12-7(2)9(13)11-3/h7-8,12H,4-5H2,1-3H3,(H,11,13). The third kappa shape index (κ3) is 4.48. The molecule has 2 unspecified atom stereocenters. The molecule has 0 fully saturated rings. The summed E-state index contributed by atoms with van der Waals surface area (Å²) in [5, 5.41) is 14.1. The van der Waals surface area contributed by atoms with Gasteiger partial charge in [0.05, 0.1) is 18.5 Å². The summed E-state index contributed by atoms with van der Waals surface area (Å²) in [6.45, 7) is 3.78. The zero-order valence-electron chi connectivity index (χ0n) is 8.42. The fourth-order valence-electron chi connectivity index (χ4n) is 1.08. The maximum Gasteiger partial charge on any atom is 0.236 e. The Balaban J connectivity index is 3.94. The molecule has 0 aromatic rings. The second-order valence-electron chi connectivity index (χ2n) is 2.97. The normalized spacial score (nSPS) is 14.3. The highest BCUT2D eigenvalue weighted by Crippen LogP contribution is 1.97. The van der Waals surface area contributed by atoms with Crippen LogP contribution in [0.3, 0.4) is 0 Å². The molecule has 2 N–H and O–H groups in total. The van der Waals surface area contributed by atoms with Crippen LogP contribution in [0.15, 0.2) is 0 Å². The number of nitrogens with one attached hydrogen (secondary N) is 2. The van der Waals surface area contributed by atoms with Crippen molar-refractivity contribution in [3.63, 3.8) is 0 Å². The lowest BCUT2D eigenvalue weighted by molar-refractivity contribution is -0.122. The number of hydrogen-bond acceptors (Lipinski definition) is 3. The number of carbonyl (C=O) groups is 1. The van der Waals surface area contributed by atoms with E-state index in [9.17, 15) is 4.79 Å². The molecule has 0 saturated heterocycles. The molecule has 4 heteroatoms. The Bertz CT molecular complexity index is 198. The Hall–Kier alpha value is -1.08. The second-order valence-corrected chi connectivity index (χ2v) is 2.97. The van der Waals surface area contributed by atoms with Gasteiger partial charge in [0.15, 0.2) is 0 Å². The lowest BCUT2D eigenvalue weighted by Gasteiger charge is -2.18. The highest BCUT2D eigenvalue weighted by molar-refractivity contribution is 5.80. The van der Waals surface area contributed by atoms with Crippen LogP contribution in [0.4, 0.5) is 0 Å². The van der Waals surface area contributed by atoms with Crippen molar-refractivity contribution >= 4 is 5.91 Å². The van der Waals surface area contributed by atoms with E-state index in [0.29, 0.717) is 6.42 Å². The van der Waals surface area contributed by atoms with Crippen LogP contribution in [-0.4, -0.2) is 25.0 Å². The zero-order chi connectivity index (χ0) is 10.3. The maximum absolute atomic E-state index is 11.1. The van der Waals surface area contributed by atoms with Gasteiger partial charge in [0, 0.05) is 13.1 Å². The van der Waals surface area contributed by atoms with Crippen LogP contribution in [0.25, 0.3) is 0 Å². The van der Waals surface area contributed by atoms with Crippen LogP contribution < -0.4 is 10.6 Å². The van der Waals surface area contributed by atoms with Crippen molar-refractivity contribution in [3.05, 3.63) is 0 Å². The van der Waals surface area contributed by atoms with Gasteiger partial charge in [0.25, 0.3) is 0 Å². The summed E-state index contributed by atoms with van der Waals surface area (Å²) < 4.78 is 0. The molecule has 1 amide bonds. The van der Waals surface area contributed by atoms with Gasteiger partial charge in [-0.3, -0.25) is 4.79 Å². The first-order valence-corrected chi connectivity index (χ1v) is 4.50. The average Bonchev–Trinajstić information content (AvgIpc) is 2.15. The van der Waals surface area contributed by atoms with Crippen LogP contribution in [0, 0.1) is 11.3 Å². The first kappa shape index (κ1) is 11.9. The third-order valence-corrected chi connectivity index (χ3v) is 1.96. The van der Waals surface area contributed by atoms with Crippen molar-refractivity contribution in [1.82, 2.24) is 10.6 Å².